The molecule has 0 bridgehead atoms. The number of nitrogens with one attached hydrogen (secondary N) is 2. The quantitative estimate of drug-likeness (QED) is 0.451. The van der Waals surface area contributed by atoms with Crippen molar-refractivity contribution in [3.63, 3.8) is 0 Å². The van der Waals surface area contributed by atoms with Gasteiger partial charge in [0.05, 0.1) is 17.6 Å². The number of carboxylic acids is 1. The van der Waals surface area contributed by atoms with Crippen LogP contribution in [0.4, 0.5) is 0 Å². The van der Waals surface area contributed by atoms with Gasteiger partial charge in [0, 0.05) is 55.9 Å². The van der Waals surface area contributed by atoms with Gasteiger partial charge in [0.1, 0.15) is 5.69 Å². The van der Waals surface area contributed by atoms with Gasteiger partial charge < -0.3 is 15.0 Å². The van der Waals surface area contributed by atoms with E-state index in [0.717, 1.165) is 71.5 Å². The number of piperazine rings is 1. The molecule has 2 aromatic heterocycles. The van der Waals surface area contributed by atoms with Crippen molar-refractivity contribution in [3.8, 4) is 11.4 Å². The summed E-state index contributed by atoms with van der Waals surface area (Å²) >= 11 is 0. The van der Waals surface area contributed by atoms with Gasteiger partial charge in [-0.15, -0.1) is 0 Å². The fraction of sp³-hybridized carbons (Fsp3) is 0.292. The number of carbonyl (C=O) groups is 2. The van der Waals surface area contributed by atoms with Crippen LogP contribution < -0.4 is 0 Å². The van der Waals surface area contributed by atoms with Crippen molar-refractivity contribution in [2.75, 3.05) is 26.2 Å². The summed E-state index contributed by atoms with van der Waals surface area (Å²) in [5.74, 6) is -0.703. The van der Waals surface area contributed by atoms with Gasteiger partial charge in [-0.05, 0) is 35.4 Å². The number of fused-ring (bicyclic) bond motifs is 2. The molecule has 0 saturated carbocycles. The van der Waals surface area contributed by atoms with E-state index in [1.165, 1.54) is 5.56 Å². The Kier molecular flexibility index (Phi) is 5.14. The Hall–Kier alpha value is -3.65. The number of aromatic nitrogens is 3. The second-order valence-electron chi connectivity index (χ2n) is 8.41. The summed E-state index contributed by atoms with van der Waals surface area (Å²) in [5, 5.41) is 18.6. The third-order valence-electron chi connectivity index (χ3n) is 6.15. The van der Waals surface area contributed by atoms with Crippen LogP contribution in [0, 0.1) is 0 Å². The SMILES string of the molecule is CC(=O)N1CCN(Cc2ccc3[nH]c(-c4n[nH]c5cc(CC(=O)O)ccc45)cc3c2)CC1. The first kappa shape index (κ1) is 20.3. The lowest BCUT2D eigenvalue weighted by Crippen LogP contribution is -2.47. The van der Waals surface area contributed by atoms with E-state index in [1.807, 2.05) is 23.1 Å². The molecule has 0 unspecified atom stereocenters. The van der Waals surface area contributed by atoms with Crippen LogP contribution in [0.25, 0.3) is 33.2 Å². The van der Waals surface area contributed by atoms with Crippen molar-refractivity contribution in [1.29, 1.82) is 0 Å². The molecule has 5 rings (SSSR count). The lowest BCUT2D eigenvalue weighted by atomic mass is 10.1. The molecule has 164 valence electrons. The number of rotatable bonds is 5. The van der Waals surface area contributed by atoms with Crippen molar-refractivity contribution in [3.05, 3.63) is 53.6 Å². The zero-order valence-corrected chi connectivity index (χ0v) is 17.9. The molecule has 3 heterocycles. The van der Waals surface area contributed by atoms with E-state index in [2.05, 4.69) is 44.3 Å². The monoisotopic (exact) mass is 431 g/mol. The predicted octanol–water partition coefficient (Wildman–Crippen LogP) is 3.00. The Morgan fingerprint density at radius 2 is 1.78 bits per heavy atom. The van der Waals surface area contributed by atoms with Gasteiger partial charge in [-0.2, -0.15) is 5.10 Å². The maximum absolute atomic E-state index is 11.5. The van der Waals surface area contributed by atoms with Gasteiger partial charge in [0.15, 0.2) is 0 Å². The van der Waals surface area contributed by atoms with Crippen LogP contribution in [0.2, 0.25) is 0 Å². The van der Waals surface area contributed by atoms with Crippen LogP contribution in [0.5, 0.6) is 0 Å². The largest absolute Gasteiger partial charge is 0.481 e. The molecule has 8 nitrogen and oxygen atoms in total. The molecule has 0 aliphatic carbocycles. The lowest BCUT2D eigenvalue weighted by molar-refractivity contribution is -0.136. The van der Waals surface area contributed by atoms with Crippen LogP contribution in [-0.4, -0.2) is 68.1 Å². The number of nitrogens with zero attached hydrogens (tertiary/aromatic N) is 3. The molecule has 2 aromatic carbocycles. The number of benzene rings is 2. The van der Waals surface area contributed by atoms with Crippen molar-refractivity contribution in [2.45, 2.75) is 19.9 Å². The Labute approximate surface area is 184 Å². The van der Waals surface area contributed by atoms with E-state index in [4.69, 9.17) is 5.11 Å². The summed E-state index contributed by atoms with van der Waals surface area (Å²) in [6, 6.07) is 14.1. The smallest absolute Gasteiger partial charge is 0.307 e. The molecular weight excluding hydrogens is 406 g/mol. The zero-order chi connectivity index (χ0) is 22.2. The fourth-order valence-electron chi connectivity index (χ4n) is 4.44. The highest BCUT2D eigenvalue weighted by Gasteiger charge is 2.19. The average Bonchev–Trinajstić information content (AvgIpc) is 3.36. The van der Waals surface area contributed by atoms with Crippen molar-refractivity contribution < 1.29 is 14.7 Å². The molecule has 3 N–H and O–H groups in total. The molecular formula is C24H25N5O3. The summed E-state index contributed by atoms with van der Waals surface area (Å²) in [6.45, 7) is 5.83. The second kappa shape index (κ2) is 8.12. The molecule has 0 radical (unpaired) electrons. The third-order valence-corrected chi connectivity index (χ3v) is 6.15. The Morgan fingerprint density at radius 3 is 2.53 bits per heavy atom. The summed E-state index contributed by atoms with van der Waals surface area (Å²) in [5.41, 5.74) is 5.59. The highest BCUT2D eigenvalue weighted by atomic mass is 16.4. The molecule has 0 spiro atoms. The van der Waals surface area contributed by atoms with Crippen molar-refractivity contribution >= 4 is 33.7 Å². The maximum Gasteiger partial charge on any atom is 0.307 e. The first-order chi connectivity index (χ1) is 15.5. The van der Waals surface area contributed by atoms with Crippen molar-refractivity contribution in [1.82, 2.24) is 25.0 Å². The number of aromatic amines is 2. The van der Waals surface area contributed by atoms with Crippen LogP contribution in [0.3, 0.4) is 0 Å². The van der Waals surface area contributed by atoms with E-state index < -0.39 is 5.97 Å². The molecule has 0 atom stereocenters. The number of carbonyl (C=O) groups excluding carboxylic acids is 1. The zero-order valence-electron chi connectivity index (χ0n) is 17.9. The van der Waals surface area contributed by atoms with Gasteiger partial charge in [-0.3, -0.25) is 19.6 Å². The minimum atomic E-state index is -0.851. The molecule has 1 saturated heterocycles. The van der Waals surface area contributed by atoms with Crippen molar-refractivity contribution in [2.24, 2.45) is 0 Å². The maximum atomic E-state index is 11.5. The average molecular weight is 431 g/mol. The summed E-state index contributed by atoms with van der Waals surface area (Å²) < 4.78 is 0. The predicted molar refractivity (Wildman–Crippen MR) is 122 cm³/mol. The first-order valence-corrected chi connectivity index (χ1v) is 10.7. The molecule has 4 aromatic rings. The van der Waals surface area contributed by atoms with Gasteiger partial charge in [-0.1, -0.05) is 18.2 Å². The van der Waals surface area contributed by atoms with Crippen LogP contribution in [0.1, 0.15) is 18.1 Å². The lowest BCUT2D eigenvalue weighted by Gasteiger charge is -2.34. The second-order valence-corrected chi connectivity index (χ2v) is 8.41. The minimum Gasteiger partial charge on any atom is -0.481 e. The highest BCUT2D eigenvalue weighted by molar-refractivity contribution is 5.96. The van der Waals surface area contributed by atoms with Crippen LogP contribution >= 0.6 is 0 Å². The summed E-state index contributed by atoms with van der Waals surface area (Å²) in [7, 11) is 0. The standard InChI is InChI=1S/C24H25N5O3/c1-15(30)29-8-6-28(7-9-29)14-17-3-5-20-18(10-17)13-22(25-20)24-19-4-2-16(12-23(31)32)11-21(19)26-27-24/h2-5,10-11,13,25H,6-9,12,14H2,1H3,(H,26,27)(H,31,32). The van der Waals surface area contributed by atoms with E-state index in [9.17, 15) is 9.59 Å². The van der Waals surface area contributed by atoms with E-state index in [1.54, 1.807) is 6.92 Å². The van der Waals surface area contributed by atoms with E-state index in [0.29, 0.717) is 0 Å². The van der Waals surface area contributed by atoms with Gasteiger partial charge in [0.2, 0.25) is 5.91 Å². The minimum absolute atomic E-state index is 0.0107. The normalized spacial score (nSPS) is 15.0. The molecule has 1 fully saturated rings. The van der Waals surface area contributed by atoms with E-state index >= 15 is 0 Å². The van der Waals surface area contributed by atoms with Gasteiger partial charge in [-0.25, -0.2) is 0 Å². The number of hydrogen-bond donors (Lipinski definition) is 3. The van der Waals surface area contributed by atoms with E-state index in [-0.39, 0.29) is 12.3 Å². The number of aliphatic carboxylic acids is 1. The van der Waals surface area contributed by atoms with Crippen LogP contribution in [0.15, 0.2) is 42.5 Å². The molecule has 8 heteroatoms. The van der Waals surface area contributed by atoms with Crippen LogP contribution in [-0.2, 0) is 22.6 Å². The molecule has 1 amide bonds. The molecule has 1 aliphatic heterocycles. The Bertz CT molecular complexity index is 1310. The Balaban J connectivity index is 1.36. The highest BCUT2D eigenvalue weighted by Crippen LogP contribution is 2.30. The third kappa shape index (κ3) is 3.97. The molecule has 1 aliphatic rings. The number of H-pyrrole nitrogens is 2. The first-order valence-electron chi connectivity index (χ1n) is 10.7. The molecule has 32 heavy (non-hydrogen) atoms. The summed E-state index contributed by atoms with van der Waals surface area (Å²) in [6.07, 6.45) is -0.0107. The van der Waals surface area contributed by atoms with Gasteiger partial charge >= 0.3 is 5.97 Å². The number of carboxylic acid groups (broad SMARTS) is 1. The topological polar surface area (TPSA) is 105 Å². The fourth-order valence-corrected chi connectivity index (χ4v) is 4.44. The number of hydrogen-bond acceptors (Lipinski definition) is 4. The number of amides is 1. The Morgan fingerprint density at radius 1 is 1.00 bits per heavy atom. The van der Waals surface area contributed by atoms with Gasteiger partial charge in [0.25, 0.3) is 0 Å². The summed E-state index contributed by atoms with van der Waals surface area (Å²) in [4.78, 5) is 30.2.